The Morgan fingerprint density at radius 1 is 1.25 bits per heavy atom. The van der Waals surface area contributed by atoms with Crippen LogP contribution in [0, 0.1) is 10.8 Å². The van der Waals surface area contributed by atoms with Gasteiger partial charge in [0, 0.05) is 25.0 Å². The molecule has 2 aromatic rings. The Kier molecular flexibility index (Phi) is 3.70. The summed E-state index contributed by atoms with van der Waals surface area (Å²) in [5.41, 5.74) is 1.33. The topological polar surface area (TPSA) is 68.8 Å². The summed E-state index contributed by atoms with van der Waals surface area (Å²) in [7, 11) is 1.79. The number of hydrogen-bond acceptors (Lipinski definition) is 3. The maximum Gasteiger partial charge on any atom is 0.219 e. The lowest BCUT2D eigenvalue weighted by Crippen LogP contribution is -2.48. The van der Waals surface area contributed by atoms with Gasteiger partial charge in [0.25, 0.3) is 0 Å². The van der Waals surface area contributed by atoms with Crippen LogP contribution in [0.4, 0.5) is 0 Å². The number of hydrogen-bond donors (Lipinski definition) is 2. The van der Waals surface area contributed by atoms with Gasteiger partial charge in [-0.3, -0.25) is 5.41 Å². The van der Waals surface area contributed by atoms with Gasteiger partial charge >= 0.3 is 0 Å². The zero-order chi connectivity index (χ0) is 14.8. The minimum absolute atomic E-state index is 0.237. The highest BCUT2D eigenvalue weighted by molar-refractivity contribution is 5.83. The van der Waals surface area contributed by atoms with E-state index in [0.29, 0.717) is 0 Å². The summed E-state index contributed by atoms with van der Waals surface area (Å²) in [4.78, 5) is 1.71. The van der Waals surface area contributed by atoms with Crippen molar-refractivity contribution in [1.29, 1.82) is 10.8 Å². The third kappa shape index (κ3) is 2.61. The van der Waals surface area contributed by atoms with Crippen LogP contribution < -0.4 is 0 Å². The molecular formula is C15H19N5. The first-order chi connectivity index (χ1) is 9.45. The highest BCUT2D eigenvalue weighted by Gasteiger charge is 2.24. The molecule has 0 saturated heterocycles. The van der Waals surface area contributed by atoms with Crippen LogP contribution in [0.2, 0.25) is 0 Å². The van der Waals surface area contributed by atoms with Gasteiger partial charge in [0.2, 0.25) is 5.96 Å². The molecule has 0 aliphatic heterocycles. The molecule has 0 radical (unpaired) electrons. The molecule has 0 unspecified atom stereocenters. The Hall–Kier alpha value is -2.43. The molecule has 20 heavy (non-hydrogen) atoms. The van der Waals surface area contributed by atoms with E-state index >= 15 is 0 Å². The van der Waals surface area contributed by atoms with Gasteiger partial charge in [-0.1, -0.05) is 30.3 Å². The van der Waals surface area contributed by atoms with Crippen LogP contribution in [-0.2, 0) is 0 Å². The van der Waals surface area contributed by atoms with Crippen LogP contribution in [0.15, 0.2) is 42.6 Å². The van der Waals surface area contributed by atoms with Crippen molar-refractivity contribution in [3.63, 3.8) is 0 Å². The SMILES string of the molecule is CN(C(=N)n1ccc(-c2ccccc2)n1)C(C)(C)C=N. The monoisotopic (exact) mass is 269 g/mol. The Morgan fingerprint density at radius 3 is 2.50 bits per heavy atom. The lowest BCUT2D eigenvalue weighted by atomic mass is 10.1. The van der Waals surface area contributed by atoms with E-state index in [4.69, 9.17) is 10.8 Å². The Bertz CT molecular complexity index is 612. The van der Waals surface area contributed by atoms with E-state index in [1.54, 1.807) is 18.1 Å². The van der Waals surface area contributed by atoms with Crippen LogP contribution in [0.1, 0.15) is 13.8 Å². The van der Waals surface area contributed by atoms with Crippen molar-refractivity contribution in [3.05, 3.63) is 42.6 Å². The van der Waals surface area contributed by atoms with Crippen molar-refractivity contribution in [1.82, 2.24) is 14.7 Å². The molecule has 0 aliphatic rings. The second-order valence-corrected chi connectivity index (χ2v) is 5.19. The molecule has 0 fully saturated rings. The minimum atomic E-state index is -0.518. The molecule has 5 nitrogen and oxygen atoms in total. The summed E-state index contributed by atoms with van der Waals surface area (Å²) >= 11 is 0. The van der Waals surface area contributed by atoms with E-state index in [1.165, 1.54) is 10.9 Å². The van der Waals surface area contributed by atoms with Crippen LogP contribution in [0.25, 0.3) is 11.3 Å². The first-order valence-corrected chi connectivity index (χ1v) is 6.41. The third-order valence-electron chi connectivity index (χ3n) is 3.41. The van der Waals surface area contributed by atoms with Crippen molar-refractivity contribution in [2.75, 3.05) is 7.05 Å². The first kappa shape index (κ1) is 14.0. The molecule has 1 aromatic heterocycles. The molecule has 0 aliphatic carbocycles. The van der Waals surface area contributed by atoms with E-state index in [1.807, 2.05) is 50.2 Å². The van der Waals surface area contributed by atoms with Gasteiger partial charge in [0.15, 0.2) is 0 Å². The lowest BCUT2D eigenvalue weighted by Gasteiger charge is -2.33. The first-order valence-electron chi connectivity index (χ1n) is 6.41. The number of nitrogens with zero attached hydrogens (tertiary/aromatic N) is 3. The lowest BCUT2D eigenvalue weighted by molar-refractivity contribution is 0.337. The molecule has 0 atom stereocenters. The fraction of sp³-hybridized carbons (Fsp3) is 0.267. The van der Waals surface area contributed by atoms with Crippen molar-refractivity contribution >= 4 is 12.2 Å². The smallest absolute Gasteiger partial charge is 0.219 e. The summed E-state index contributed by atoms with van der Waals surface area (Å²) < 4.78 is 1.52. The number of nitrogens with one attached hydrogen (secondary N) is 2. The number of aromatic nitrogens is 2. The van der Waals surface area contributed by atoms with Crippen LogP contribution in [0.3, 0.4) is 0 Å². The van der Waals surface area contributed by atoms with Crippen LogP contribution in [-0.4, -0.2) is 39.4 Å². The zero-order valence-corrected chi connectivity index (χ0v) is 12.0. The Balaban J connectivity index is 2.25. The van der Waals surface area contributed by atoms with Crippen molar-refractivity contribution in [2.24, 2.45) is 0 Å². The van der Waals surface area contributed by atoms with Crippen molar-refractivity contribution in [3.8, 4) is 11.3 Å². The van der Waals surface area contributed by atoms with Gasteiger partial charge in [0.05, 0.1) is 11.2 Å². The molecule has 5 heteroatoms. The van der Waals surface area contributed by atoms with Crippen LogP contribution >= 0.6 is 0 Å². The second-order valence-electron chi connectivity index (χ2n) is 5.19. The highest BCUT2D eigenvalue weighted by atomic mass is 15.4. The van der Waals surface area contributed by atoms with Gasteiger partial charge in [-0.2, -0.15) is 5.10 Å². The molecular weight excluding hydrogens is 250 g/mol. The van der Waals surface area contributed by atoms with Gasteiger partial charge in [-0.25, -0.2) is 4.68 Å². The maximum absolute atomic E-state index is 8.19. The summed E-state index contributed by atoms with van der Waals surface area (Å²) in [6.45, 7) is 3.77. The molecule has 2 rings (SSSR count). The predicted octanol–water partition coefficient (Wildman–Crippen LogP) is 2.69. The third-order valence-corrected chi connectivity index (χ3v) is 3.41. The molecule has 0 saturated carbocycles. The van der Waals surface area contributed by atoms with Gasteiger partial charge in [-0.05, 0) is 19.9 Å². The molecule has 2 N–H and O–H groups in total. The highest BCUT2D eigenvalue weighted by Crippen LogP contribution is 2.17. The molecule has 0 amide bonds. The van der Waals surface area contributed by atoms with E-state index in [-0.39, 0.29) is 5.96 Å². The van der Waals surface area contributed by atoms with Gasteiger partial charge in [-0.15, -0.1) is 0 Å². The molecule has 104 valence electrons. The average Bonchev–Trinajstić information content (AvgIpc) is 2.96. The van der Waals surface area contributed by atoms with Crippen molar-refractivity contribution in [2.45, 2.75) is 19.4 Å². The quantitative estimate of drug-likeness (QED) is 0.664. The standard InChI is InChI=1S/C15H19N5/c1-15(2,11-16)19(3)14(17)20-10-9-13(18-20)12-7-5-4-6-8-12/h4-11,16-17H,1-3H3. The van der Waals surface area contributed by atoms with E-state index < -0.39 is 5.54 Å². The molecule has 0 bridgehead atoms. The maximum atomic E-state index is 8.19. The summed E-state index contributed by atoms with van der Waals surface area (Å²) in [6, 6.07) is 11.7. The van der Waals surface area contributed by atoms with E-state index in [9.17, 15) is 0 Å². The van der Waals surface area contributed by atoms with Crippen molar-refractivity contribution < 1.29 is 0 Å². The number of benzene rings is 1. The Morgan fingerprint density at radius 2 is 1.90 bits per heavy atom. The molecule has 1 aromatic carbocycles. The van der Waals surface area contributed by atoms with E-state index in [2.05, 4.69) is 5.10 Å². The number of rotatable bonds is 3. The largest absolute Gasteiger partial charge is 0.334 e. The average molecular weight is 269 g/mol. The van der Waals surface area contributed by atoms with Gasteiger partial charge in [0.1, 0.15) is 0 Å². The molecule has 1 heterocycles. The second kappa shape index (κ2) is 5.28. The van der Waals surface area contributed by atoms with E-state index in [0.717, 1.165) is 11.3 Å². The summed E-state index contributed by atoms with van der Waals surface area (Å²) in [6.07, 6.45) is 3.09. The fourth-order valence-electron chi connectivity index (χ4n) is 1.73. The fourth-order valence-corrected chi connectivity index (χ4v) is 1.73. The molecule has 0 spiro atoms. The Labute approximate surface area is 118 Å². The zero-order valence-electron chi connectivity index (χ0n) is 12.0. The summed E-state index contributed by atoms with van der Waals surface area (Å²) in [5.74, 6) is 0.237. The normalized spacial score (nSPS) is 11.2. The predicted molar refractivity (Wildman–Crippen MR) is 81.4 cm³/mol. The summed E-state index contributed by atoms with van der Waals surface area (Å²) in [5, 5.41) is 20.1. The van der Waals surface area contributed by atoms with Crippen LogP contribution in [0.5, 0.6) is 0 Å². The minimum Gasteiger partial charge on any atom is -0.334 e. The van der Waals surface area contributed by atoms with Gasteiger partial charge < -0.3 is 10.3 Å².